The highest BCUT2D eigenvalue weighted by Gasteiger charge is 2.16. The molecule has 0 aliphatic heterocycles. The van der Waals surface area contributed by atoms with Crippen LogP contribution in [0.15, 0.2) is 27.1 Å². The molecular weight excluding hydrogens is 234 g/mol. The average Bonchev–Trinajstić information content (AvgIpc) is 2.32. The zero-order valence-electron chi connectivity index (χ0n) is 9.80. The minimum absolute atomic E-state index is 0.290. The molecule has 0 saturated heterocycles. The number of aryl methyl sites for hydroxylation is 2. The van der Waals surface area contributed by atoms with Gasteiger partial charge in [-0.05, 0) is 25.5 Å². The zero-order valence-corrected chi connectivity index (χ0v) is 9.80. The maximum atomic E-state index is 10.4. The van der Waals surface area contributed by atoms with Crippen LogP contribution in [0.2, 0.25) is 0 Å². The molecule has 6 heteroatoms. The summed E-state index contributed by atoms with van der Waals surface area (Å²) in [6.45, 7) is 3.55. The van der Waals surface area contributed by atoms with E-state index in [2.05, 4.69) is 15.0 Å². The lowest BCUT2D eigenvalue weighted by Crippen LogP contribution is -1.95. The highest BCUT2D eigenvalue weighted by atomic mass is 16.1. The molecular formula is C12H9N3O3. The molecule has 90 valence electrons. The van der Waals surface area contributed by atoms with Gasteiger partial charge in [0.1, 0.15) is 0 Å². The monoisotopic (exact) mass is 243 g/mol. The van der Waals surface area contributed by atoms with Crippen molar-refractivity contribution in [1.29, 1.82) is 0 Å². The maximum Gasteiger partial charge on any atom is 0.240 e. The SMILES string of the molecule is Cc1cc(C)c(N=C=O)c(C(N=C=O)N=C=O)c1. The summed E-state index contributed by atoms with van der Waals surface area (Å²) < 4.78 is 0. The van der Waals surface area contributed by atoms with Gasteiger partial charge < -0.3 is 0 Å². The molecule has 0 N–H and O–H groups in total. The summed E-state index contributed by atoms with van der Waals surface area (Å²) >= 11 is 0. The van der Waals surface area contributed by atoms with Gasteiger partial charge in [-0.3, -0.25) is 0 Å². The molecule has 0 aliphatic carbocycles. The molecule has 18 heavy (non-hydrogen) atoms. The van der Waals surface area contributed by atoms with Crippen molar-refractivity contribution in [3.63, 3.8) is 0 Å². The molecule has 0 heterocycles. The van der Waals surface area contributed by atoms with Gasteiger partial charge in [0.25, 0.3) is 0 Å². The van der Waals surface area contributed by atoms with E-state index in [1.165, 1.54) is 18.2 Å². The molecule has 0 radical (unpaired) electrons. The number of nitrogens with zero attached hydrogens (tertiary/aromatic N) is 3. The van der Waals surface area contributed by atoms with E-state index in [4.69, 9.17) is 0 Å². The van der Waals surface area contributed by atoms with Crippen LogP contribution in [0.25, 0.3) is 0 Å². The van der Waals surface area contributed by atoms with Crippen LogP contribution >= 0.6 is 0 Å². The molecule has 0 aromatic heterocycles. The zero-order chi connectivity index (χ0) is 13.5. The number of hydrogen-bond donors (Lipinski definition) is 0. The van der Waals surface area contributed by atoms with Crippen LogP contribution in [0.3, 0.4) is 0 Å². The number of carbonyl (C=O) groups excluding carboxylic acids is 3. The van der Waals surface area contributed by atoms with E-state index in [9.17, 15) is 14.4 Å². The van der Waals surface area contributed by atoms with E-state index in [1.54, 1.807) is 19.1 Å². The fraction of sp³-hybridized carbons (Fsp3) is 0.250. The summed E-state index contributed by atoms with van der Waals surface area (Å²) in [7, 11) is 0. The quantitative estimate of drug-likeness (QED) is 0.597. The third-order valence-corrected chi connectivity index (χ3v) is 2.26. The predicted molar refractivity (Wildman–Crippen MR) is 62.7 cm³/mol. The second-order valence-corrected chi connectivity index (χ2v) is 3.54. The number of rotatable bonds is 4. The molecule has 0 bridgehead atoms. The van der Waals surface area contributed by atoms with Gasteiger partial charge in [0, 0.05) is 5.56 Å². The lowest BCUT2D eigenvalue weighted by molar-refractivity contribution is 0.552. The Labute approximate surface area is 103 Å². The number of benzene rings is 1. The fourth-order valence-corrected chi connectivity index (χ4v) is 1.66. The van der Waals surface area contributed by atoms with Gasteiger partial charge in [0.05, 0.1) is 5.69 Å². The van der Waals surface area contributed by atoms with Crippen molar-refractivity contribution in [3.8, 4) is 0 Å². The van der Waals surface area contributed by atoms with Crippen LogP contribution < -0.4 is 0 Å². The average molecular weight is 243 g/mol. The van der Waals surface area contributed by atoms with Crippen LogP contribution in [-0.2, 0) is 14.4 Å². The molecule has 1 rings (SSSR count). The Hall–Kier alpha value is -2.64. The number of aliphatic imine (C=N–C) groups is 3. The van der Waals surface area contributed by atoms with Gasteiger partial charge in [-0.2, -0.15) is 15.0 Å². The molecule has 1 aromatic carbocycles. The van der Waals surface area contributed by atoms with Gasteiger partial charge in [-0.15, -0.1) is 0 Å². The molecule has 6 nitrogen and oxygen atoms in total. The fourth-order valence-electron chi connectivity index (χ4n) is 1.66. The van der Waals surface area contributed by atoms with Crippen LogP contribution in [-0.4, -0.2) is 18.2 Å². The smallest absolute Gasteiger partial charge is 0.211 e. The Bertz CT molecular complexity index is 587. The lowest BCUT2D eigenvalue weighted by atomic mass is 10.0. The van der Waals surface area contributed by atoms with E-state index in [0.717, 1.165) is 5.56 Å². The summed E-state index contributed by atoms with van der Waals surface area (Å²) in [5.74, 6) is 0. The maximum absolute atomic E-state index is 10.4. The summed E-state index contributed by atoms with van der Waals surface area (Å²) in [4.78, 5) is 41.3. The van der Waals surface area contributed by atoms with Crippen molar-refractivity contribution < 1.29 is 14.4 Å². The largest absolute Gasteiger partial charge is 0.240 e. The van der Waals surface area contributed by atoms with Crippen molar-refractivity contribution in [2.24, 2.45) is 15.0 Å². The van der Waals surface area contributed by atoms with Crippen molar-refractivity contribution in [2.45, 2.75) is 20.0 Å². The number of isocyanates is 3. The molecule has 0 saturated carbocycles. The van der Waals surface area contributed by atoms with E-state index in [1.807, 2.05) is 6.92 Å². The summed E-state index contributed by atoms with van der Waals surface area (Å²) in [6.07, 6.45) is 2.97. The van der Waals surface area contributed by atoms with Crippen molar-refractivity contribution in [2.75, 3.05) is 0 Å². The topological polar surface area (TPSA) is 88.3 Å². The van der Waals surface area contributed by atoms with Crippen LogP contribution in [0.4, 0.5) is 5.69 Å². The Morgan fingerprint density at radius 1 is 1.00 bits per heavy atom. The minimum Gasteiger partial charge on any atom is -0.211 e. The molecule has 0 amide bonds. The van der Waals surface area contributed by atoms with Crippen molar-refractivity contribution in [3.05, 3.63) is 28.8 Å². The van der Waals surface area contributed by atoms with Crippen molar-refractivity contribution in [1.82, 2.24) is 0 Å². The van der Waals surface area contributed by atoms with E-state index >= 15 is 0 Å². The van der Waals surface area contributed by atoms with Gasteiger partial charge in [0.2, 0.25) is 18.2 Å². The third-order valence-electron chi connectivity index (χ3n) is 2.26. The Kier molecular flexibility index (Phi) is 4.61. The predicted octanol–water partition coefficient (Wildman–Crippen LogP) is 1.94. The van der Waals surface area contributed by atoms with E-state index in [0.29, 0.717) is 16.8 Å². The van der Waals surface area contributed by atoms with Crippen LogP contribution in [0.1, 0.15) is 22.9 Å². The molecule has 0 aliphatic rings. The van der Waals surface area contributed by atoms with Crippen LogP contribution in [0.5, 0.6) is 0 Å². The van der Waals surface area contributed by atoms with E-state index in [-0.39, 0.29) is 0 Å². The second kappa shape index (κ2) is 6.18. The second-order valence-electron chi connectivity index (χ2n) is 3.54. The van der Waals surface area contributed by atoms with Gasteiger partial charge in [-0.1, -0.05) is 11.6 Å². The Morgan fingerprint density at radius 2 is 1.61 bits per heavy atom. The normalized spacial score (nSPS) is 10.6. The summed E-state index contributed by atoms with van der Waals surface area (Å²) in [5, 5.41) is 0. The lowest BCUT2D eigenvalue weighted by Gasteiger charge is -2.10. The van der Waals surface area contributed by atoms with Gasteiger partial charge in [-0.25, -0.2) is 14.4 Å². The summed E-state index contributed by atoms with van der Waals surface area (Å²) in [5.41, 5.74) is 2.21. The molecule has 0 unspecified atom stereocenters. The third kappa shape index (κ3) is 2.94. The Morgan fingerprint density at radius 3 is 2.11 bits per heavy atom. The highest BCUT2D eigenvalue weighted by Crippen LogP contribution is 2.32. The standard InChI is InChI=1S/C12H9N3O3/c1-8-3-9(2)11(13-5-16)10(4-8)12(14-6-17)15-7-18/h3-4,12H,1-2H3. The minimum atomic E-state index is -1.09. The first-order chi connectivity index (χ1) is 8.63. The molecule has 0 atom stereocenters. The molecule has 0 spiro atoms. The number of hydrogen-bond acceptors (Lipinski definition) is 6. The first-order valence-electron chi connectivity index (χ1n) is 4.97. The summed E-state index contributed by atoms with van der Waals surface area (Å²) in [6, 6.07) is 3.43. The van der Waals surface area contributed by atoms with Crippen LogP contribution in [0, 0.1) is 13.8 Å². The first-order valence-corrected chi connectivity index (χ1v) is 4.97. The first kappa shape index (κ1) is 13.4. The Balaban J connectivity index is 3.57. The van der Waals surface area contributed by atoms with Crippen molar-refractivity contribution >= 4 is 23.9 Å². The highest BCUT2D eigenvalue weighted by molar-refractivity contribution is 5.61. The molecule has 0 fully saturated rings. The van der Waals surface area contributed by atoms with Gasteiger partial charge in [0.15, 0.2) is 6.17 Å². The van der Waals surface area contributed by atoms with E-state index < -0.39 is 6.17 Å². The molecule has 1 aromatic rings. The van der Waals surface area contributed by atoms with Gasteiger partial charge >= 0.3 is 0 Å².